The fourth-order valence-corrected chi connectivity index (χ4v) is 2.76. The molecular weight excluding hydrogens is 336 g/mol. The first-order valence-corrected chi connectivity index (χ1v) is 8.17. The first kappa shape index (κ1) is 15.5. The highest BCUT2D eigenvalue weighted by Gasteiger charge is 2.07. The molecule has 0 radical (unpaired) electrons. The van der Waals surface area contributed by atoms with Crippen LogP contribution in [0, 0.1) is 6.92 Å². The van der Waals surface area contributed by atoms with Gasteiger partial charge >= 0.3 is 0 Å². The molecule has 6 heteroatoms. The SMILES string of the molecule is Cc1ccc(Cl)cc1-c1ccc(/C=N/Nc2nc3ccccc3[nH]2)o1. The van der Waals surface area contributed by atoms with Crippen LogP contribution in [0.5, 0.6) is 0 Å². The smallest absolute Gasteiger partial charge is 0.222 e. The van der Waals surface area contributed by atoms with Gasteiger partial charge in [0.25, 0.3) is 0 Å². The summed E-state index contributed by atoms with van der Waals surface area (Å²) in [7, 11) is 0. The molecule has 5 nitrogen and oxygen atoms in total. The van der Waals surface area contributed by atoms with Crippen LogP contribution in [0.2, 0.25) is 5.02 Å². The zero-order valence-corrected chi connectivity index (χ0v) is 14.2. The molecule has 2 aromatic heterocycles. The second-order valence-electron chi connectivity index (χ2n) is 5.63. The molecule has 0 aliphatic rings. The van der Waals surface area contributed by atoms with E-state index in [1.54, 1.807) is 6.21 Å². The average molecular weight is 351 g/mol. The Kier molecular flexibility index (Phi) is 3.99. The Bertz CT molecular complexity index is 1030. The summed E-state index contributed by atoms with van der Waals surface area (Å²) in [4.78, 5) is 7.54. The van der Waals surface area contributed by atoms with E-state index in [2.05, 4.69) is 20.5 Å². The minimum absolute atomic E-state index is 0.579. The highest BCUT2D eigenvalue weighted by Crippen LogP contribution is 2.27. The number of hydrazone groups is 1. The molecule has 0 atom stereocenters. The minimum Gasteiger partial charge on any atom is -0.455 e. The topological polar surface area (TPSA) is 66.2 Å². The van der Waals surface area contributed by atoms with Gasteiger partial charge in [0.2, 0.25) is 5.95 Å². The number of furan rings is 1. The number of nitrogens with one attached hydrogen (secondary N) is 2. The van der Waals surface area contributed by atoms with Crippen molar-refractivity contribution in [2.45, 2.75) is 6.92 Å². The van der Waals surface area contributed by atoms with Crippen molar-refractivity contribution in [3.05, 3.63) is 70.9 Å². The number of hydrogen-bond acceptors (Lipinski definition) is 4. The van der Waals surface area contributed by atoms with Crippen LogP contribution in [0.1, 0.15) is 11.3 Å². The van der Waals surface area contributed by atoms with E-state index in [9.17, 15) is 0 Å². The maximum atomic E-state index is 6.07. The molecule has 2 aromatic carbocycles. The molecule has 0 aliphatic carbocycles. The Labute approximate surface area is 149 Å². The molecule has 0 unspecified atom stereocenters. The molecule has 0 bridgehead atoms. The van der Waals surface area contributed by atoms with Gasteiger partial charge < -0.3 is 9.40 Å². The first-order chi connectivity index (χ1) is 12.2. The first-order valence-electron chi connectivity index (χ1n) is 7.79. The zero-order valence-electron chi connectivity index (χ0n) is 13.5. The summed E-state index contributed by atoms with van der Waals surface area (Å²) in [6.45, 7) is 2.02. The van der Waals surface area contributed by atoms with Crippen LogP contribution < -0.4 is 5.43 Å². The maximum Gasteiger partial charge on any atom is 0.222 e. The number of nitrogens with zero attached hydrogens (tertiary/aromatic N) is 2. The van der Waals surface area contributed by atoms with Gasteiger partial charge in [-0.05, 0) is 48.9 Å². The number of fused-ring (bicyclic) bond motifs is 1. The standard InChI is InChI=1S/C19H15ClN4O/c1-12-6-7-13(20)10-15(12)18-9-8-14(25-18)11-21-24-19-22-16-4-2-3-5-17(16)23-19/h2-11H,1H3,(H2,22,23,24)/b21-11+. The molecule has 0 spiro atoms. The van der Waals surface area contributed by atoms with E-state index in [0.717, 1.165) is 27.9 Å². The van der Waals surface area contributed by atoms with Crippen molar-refractivity contribution in [1.82, 2.24) is 9.97 Å². The Hall–Kier alpha value is -3.05. The molecule has 0 saturated heterocycles. The number of aromatic amines is 1. The summed E-state index contributed by atoms with van der Waals surface area (Å²) in [5.74, 6) is 1.97. The molecule has 4 rings (SSSR count). The quantitative estimate of drug-likeness (QED) is 0.391. The summed E-state index contributed by atoms with van der Waals surface area (Å²) in [6.07, 6.45) is 1.61. The molecule has 2 heterocycles. The number of aromatic nitrogens is 2. The summed E-state index contributed by atoms with van der Waals surface area (Å²) in [5, 5.41) is 4.84. The van der Waals surface area contributed by atoms with Gasteiger partial charge in [-0.2, -0.15) is 5.10 Å². The second-order valence-corrected chi connectivity index (χ2v) is 6.07. The van der Waals surface area contributed by atoms with E-state index in [0.29, 0.717) is 16.7 Å². The minimum atomic E-state index is 0.579. The van der Waals surface area contributed by atoms with Gasteiger partial charge in [-0.15, -0.1) is 0 Å². The number of aryl methyl sites for hydroxylation is 1. The van der Waals surface area contributed by atoms with Gasteiger partial charge in [-0.25, -0.2) is 10.4 Å². The molecule has 4 aromatic rings. The number of hydrogen-bond donors (Lipinski definition) is 2. The van der Waals surface area contributed by atoms with Crippen molar-refractivity contribution in [2.75, 3.05) is 5.43 Å². The second kappa shape index (κ2) is 6.45. The van der Waals surface area contributed by atoms with Crippen LogP contribution in [-0.4, -0.2) is 16.2 Å². The number of anilines is 1. The summed E-state index contributed by atoms with van der Waals surface area (Å²) in [5.41, 5.74) is 6.78. The van der Waals surface area contributed by atoms with Crippen LogP contribution in [0.4, 0.5) is 5.95 Å². The Morgan fingerprint density at radius 1 is 1.16 bits per heavy atom. The van der Waals surface area contributed by atoms with Crippen LogP contribution in [0.3, 0.4) is 0 Å². The largest absolute Gasteiger partial charge is 0.455 e. The lowest BCUT2D eigenvalue weighted by Crippen LogP contribution is -1.91. The monoisotopic (exact) mass is 350 g/mol. The van der Waals surface area contributed by atoms with Gasteiger partial charge in [0.1, 0.15) is 11.5 Å². The number of para-hydroxylation sites is 2. The zero-order chi connectivity index (χ0) is 17.2. The van der Waals surface area contributed by atoms with Crippen LogP contribution in [-0.2, 0) is 0 Å². The normalized spacial score (nSPS) is 11.4. The fraction of sp³-hybridized carbons (Fsp3) is 0.0526. The van der Waals surface area contributed by atoms with Gasteiger partial charge in [-0.3, -0.25) is 0 Å². The molecule has 0 aliphatic heterocycles. The number of H-pyrrole nitrogens is 1. The van der Waals surface area contributed by atoms with E-state index in [4.69, 9.17) is 16.0 Å². The molecule has 124 valence electrons. The average Bonchev–Trinajstić information content (AvgIpc) is 3.23. The molecule has 0 amide bonds. The highest BCUT2D eigenvalue weighted by atomic mass is 35.5. The molecule has 25 heavy (non-hydrogen) atoms. The van der Waals surface area contributed by atoms with E-state index in [1.807, 2.05) is 61.5 Å². The van der Waals surface area contributed by atoms with Crippen LogP contribution in [0.25, 0.3) is 22.4 Å². The van der Waals surface area contributed by atoms with Crippen molar-refractivity contribution in [1.29, 1.82) is 0 Å². The highest BCUT2D eigenvalue weighted by molar-refractivity contribution is 6.30. The predicted molar refractivity (Wildman–Crippen MR) is 101 cm³/mol. The molecular formula is C19H15ClN4O. The van der Waals surface area contributed by atoms with Crippen molar-refractivity contribution < 1.29 is 4.42 Å². The summed E-state index contributed by atoms with van der Waals surface area (Å²) < 4.78 is 5.82. The molecule has 2 N–H and O–H groups in total. The molecule has 0 fully saturated rings. The summed E-state index contributed by atoms with van der Waals surface area (Å²) >= 11 is 6.07. The van der Waals surface area contributed by atoms with Crippen LogP contribution >= 0.6 is 11.6 Å². The third-order valence-electron chi connectivity index (χ3n) is 3.84. The number of imidazole rings is 1. The predicted octanol–water partition coefficient (Wildman–Crippen LogP) is 5.23. The van der Waals surface area contributed by atoms with Crippen molar-refractivity contribution >= 4 is 34.8 Å². The Morgan fingerprint density at radius 3 is 2.92 bits per heavy atom. The van der Waals surface area contributed by atoms with E-state index >= 15 is 0 Å². The lowest BCUT2D eigenvalue weighted by atomic mass is 10.1. The number of benzene rings is 2. The lowest BCUT2D eigenvalue weighted by molar-refractivity contribution is 0.574. The summed E-state index contributed by atoms with van der Waals surface area (Å²) in [6, 6.07) is 17.3. The lowest BCUT2D eigenvalue weighted by Gasteiger charge is -2.02. The third kappa shape index (κ3) is 3.27. The van der Waals surface area contributed by atoms with Gasteiger partial charge in [-0.1, -0.05) is 29.8 Å². The number of halogens is 1. The van der Waals surface area contributed by atoms with E-state index < -0.39 is 0 Å². The van der Waals surface area contributed by atoms with Gasteiger partial charge in [0.15, 0.2) is 0 Å². The van der Waals surface area contributed by atoms with Gasteiger partial charge in [0.05, 0.1) is 17.2 Å². The fourth-order valence-electron chi connectivity index (χ4n) is 2.59. The van der Waals surface area contributed by atoms with Crippen molar-refractivity contribution in [3.63, 3.8) is 0 Å². The van der Waals surface area contributed by atoms with Crippen molar-refractivity contribution in [3.8, 4) is 11.3 Å². The Balaban J connectivity index is 1.50. The van der Waals surface area contributed by atoms with Crippen molar-refractivity contribution in [2.24, 2.45) is 5.10 Å². The maximum absolute atomic E-state index is 6.07. The van der Waals surface area contributed by atoms with E-state index in [1.165, 1.54) is 0 Å². The van der Waals surface area contributed by atoms with Crippen LogP contribution in [0.15, 0.2) is 64.1 Å². The molecule has 0 saturated carbocycles. The van der Waals surface area contributed by atoms with Gasteiger partial charge in [0, 0.05) is 10.6 Å². The van der Waals surface area contributed by atoms with E-state index in [-0.39, 0.29) is 0 Å². The number of rotatable bonds is 4. The third-order valence-corrected chi connectivity index (χ3v) is 4.08. The Morgan fingerprint density at radius 2 is 2.04 bits per heavy atom.